The number of aromatic nitrogens is 1. The van der Waals surface area contributed by atoms with E-state index < -0.39 is 20.9 Å². The van der Waals surface area contributed by atoms with E-state index in [2.05, 4.69) is 47.4 Å². The van der Waals surface area contributed by atoms with Crippen molar-refractivity contribution in [2.75, 3.05) is 4.90 Å². The van der Waals surface area contributed by atoms with Gasteiger partial charge in [0.2, 0.25) is 0 Å². The molecule has 0 N–H and O–H groups in total. The second kappa shape index (κ2) is 8.23. The Kier molecular flexibility index (Phi) is 4.76. The number of fused-ring (bicyclic) bond motifs is 4. The van der Waals surface area contributed by atoms with Crippen molar-refractivity contribution in [1.82, 2.24) is 4.98 Å². The first kappa shape index (κ1) is 22.0. The number of hydrogen-bond donors (Lipinski definition) is 0. The zero-order valence-corrected chi connectivity index (χ0v) is 22.6. The minimum Gasteiger partial charge on any atom is -0.0616 e. The Labute approximate surface area is 229 Å². The first-order chi connectivity index (χ1) is 18.6. The van der Waals surface area contributed by atoms with Gasteiger partial charge >= 0.3 is 183 Å². The second-order valence-corrected chi connectivity index (χ2v) is 13.0. The van der Waals surface area contributed by atoms with E-state index in [1.807, 2.05) is 54.7 Å². The molecule has 0 unspecified atom stereocenters. The molecule has 4 aromatic rings. The van der Waals surface area contributed by atoms with Gasteiger partial charge in [-0.15, -0.1) is 0 Å². The smallest absolute Gasteiger partial charge is 0.0616 e. The van der Waals surface area contributed by atoms with Gasteiger partial charge in [-0.3, -0.25) is 0 Å². The Balaban J connectivity index is 1.09. The molecule has 0 fully saturated rings. The molecular weight excluding hydrogens is 584 g/mol. The van der Waals surface area contributed by atoms with Crippen LogP contribution in [0.25, 0.3) is 10.8 Å². The maximum absolute atomic E-state index is 13.2. The van der Waals surface area contributed by atoms with E-state index >= 15 is 0 Å². The number of Topliss-reactive ketones (excluding diaryl/α,β-unsaturated/α-hetero) is 2. The van der Waals surface area contributed by atoms with E-state index in [4.69, 9.17) is 4.98 Å². The maximum atomic E-state index is 13.2. The van der Waals surface area contributed by atoms with Crippen molar-refractivity contribution < 1.29 is 9.59 Å². The SMILES string of the molecule is O=C1C(=CC2=CC3=C(C=C(N4c5ccccc5[Te]c5cccnc54)C3)C2)C(=O)c2cc3ccccc3cc21. The van der Waals surface area contributed by atoms with Gasteiger partial charge in [0.15, 0.2) is 0 Å². The number of ketones is 2. The van der Waals surface area contributed by atoms with E-state index in [9.17, 15) is 9.59 Å². The standard InChI is InChI=1S/C33H20N2O2Te/c36-31-25-17-20-6-1-2-7-21(20)18-26(25)32(37)27(31)14-19-12-22-15-24(16-23(22)13-19)35-28-8-3-4-9-29(28)38-30-10-5-11-34-33(30)35/h1-12,14,16-18H,13,15H2. The molecule has 0 bridgehead atoms. The summed E-state index contributed by atoms with van der Waals surface area (Å²) in [6.45, 7) is 0. The van der Waals surface area contributed by atoms with Crippen LogP contribution in [0.2, 0.25) is 0 Å². The van der Waals surface area contributed by atoms with Gasteiger partial charge in [0, 0.05) is 0 Å². The van der Waals surface area contributed by atoms with Gasteiger partial charge in [-0.1, -0.05) is 24.3 Å². The number of carbonyl (C=O) groups is 2. The molecule has 0 spiro atoms. The number of carbonyl (C=O) groups excluding carboxylic acids is 2. The number of pyridine rings is 1. The fourth-order valence-electron chi connectivity index (χ4n) is 5.90. The van der Waals surface area contributed by atoms with Gasteiger partial charge in [0.05, 0.1) is 0 Å². The number of benzene rings is 3. The predicted octanol–water partition coefficient (Wildman–Crippen LogP) is 5.26. The number of anilines is 2. The number of rotatable bonds is 2. The van der Waals surface area contributed by atoms with Crippen LogP contribution in [-0.4, -0.2) is 37.5 Å². The minimum absolute atomic E-state index is 0.170. The molecule has 3 aromatic carbocycles. The molecule has 5 heteroatoms. The molecule has 4 aliphatic rings. The fourth-order valence-corrected chi connectivity index (χ4v) is 8.84. The number of nitrogens with zero attached hydrogens (tertiary/aromatic N) is 2. The third-order valence-corrected chi connectivity index (χ3v) is 10.8. The van der Waals surface area contributed by atoms with Crippen LogP contribution in [0.5, 0.6) is 0 Å². The average molecular weight is 604 g/mol. The minimum atomic E-state index is -0.473. The van der Waals surface area contributed by atoms with E-state index in [0.717, 1.165) is 35.0 Å². The molecule has 0 amide bonds. The second-order valence-electron chi connectivity index (χ2n) is 9.95. The summed E-state index contributed by atoms with van der Waals surface area (Å²) in [5, 5.41) is 1.95. The predicted molar refractivity (Wildman–Crippen MR) is 151 cm³/mol. The Morgan fingerprint density at radius 1 is 0.763 bits per heavy atom. The molecule has 3 aliphatic carbocycles. The van der Waals surface area contributed by atoms with Crippen molar-refractivity contribution in [2.45, 2.75) is 12.8 Å². The van der Waals surface area contributed by atoms with Gasteiger partial charge in [-0.05, 0) is 22.9 Å². The van der Waals surface area contributed by atoms with Crippen molar-refractivity contribution in [3.63, 3.8) is 0 Å². The van der Waals surface area contributed by atoms with Crippen LogP contribution in [0.15, 0.2) is 125 Å². The molecule has 1 aliphatic heterocycles. The molecule has 0 radical (unpaired) electrons. The zero-order chi connectivity index (χ0) is 25.4. The van der Waals surface area contributed by atoms with Gasteiger partial charge in [-0.2, -0.15) is 0 Å². The third-order valence-electron chi connectivity index (χ3n) is 7.65. The normalized spacial score (nSPS) is 17.4. The summed E-state index contributed by atoms with van der Waals surface area (Å²) in [5.41, 5.74) is 7.30. The Morgan fingerprint density at radius 3 is 2.21 bits per heavy atom. The molecule has 2 heterocycles. The van der Waals surface area contributed by atoms with Crippen LogP contribution in [0, 0.1) is 0 Å². The summed E-state index contributed by atoms with van der Waals surface area (Å²) in [4.78, 5) is 33.6. The van der Waals surface area contributed by atoms with Crippen LogP contribution in [0.4, 0.5) is 11.5 Å². The van der Waals surface area contributed by atoms with Gasteiger partial charge < -0.3 is 0 Å². The Bertz CT molecular complexity index is 1790. The summed E-state index contributed by atoms with van der Waals surface area (Å²) in [7, 11) is 0. The summed E-state index contributed by atoms with van der Waals surface area (Å²) >= 11 is -0.473. The number of allylic oxidation sites excluding steroid dienone is 7. The Hall–Kier alpha value is -4.04. The van der Waals surface area contributed by atoms with Crippen LogP contribution in [0.1, 0.15) is 33.6 Å². The van der Waals surface area contributed by atoms with Crippen molar-refractivity contribution in [3.8, 4) is 0 Å². The van der Waals surface area contributed by atoms with E-state index in [0.29, 0.717) is 11.1 Å². The summed E-state index contributed by atoms with van der Waals surface area (Å²) < 4.78 is 2.79. The molecular formula is C33H20N2O2Te. The molecule has 1 aromatic heterocycles. The topological polar surface area (TPSA) is 50.3 Å². The third kappa shape index (κ3) is 3.26. The number of hydrogen-bond acceptors (Lipinski definition) is 4. The monoisotopic (exact) mass is 606 g/mol. The van der Waals surface area contributed by atoms with Gasteiger partial charge in [0.25, 0.3) is 0 Å². The van der Waals surface area contributed by atoms with Crippen molar-refractivity contribution in [3.05, 3.63) is 136 Å². The first-order valence-corrected chi connectivity index (χ1v) is 15.0. The first-order valence-electron chi connectivity index (χ1n) is 12.6. The molecule has 8 rings (SSSR count). The molecule has 0 saturated heterocycles. The molecule has 0 saturated carbocycles. The summed E-state index contributed by atoms with van der Waals surface area (Å²) in [5.74, 6) is 0.715. The molecule has 38 heavy (non-hydrogen) atoms. The molecule has 0 atom stereocenters. The zero-order valence-electron chi connectivity index (χ0n) is 20.3. The van der Waals surface area contributed by atoms with E-state index in [1.165, 1.54) is 29.8 Å². The van der Waals surface area contributed by atoms with Crippen molar-refractivity contribution in [2.24, 2.45) is 0 Å². The summed E-state index contributed by atoms with van der Waals surface area (Å²) in [6, 6.07) is 24.5. The van der Waals surface area contributed by atoms with E-state index in [1.54, 1.807) is 0 Å². The quantitative estimate of drug-likeness (QED) is 0.178. The van der Waals surface area contributed by atoms with Crippen LogP contribution >= 0.6 is 0 Å². The fraction of sp³-hybridized carbons (Fsp3) is 0.0606. The van der Waals surface area contributed by atoms with Gasteiger partial charge in [-0.25, -0.2) is 0 Å². The van der Waals surface area contributed by atoms with Crippen LogP contribution in [-0.2, 0) is 0 Å². The van der Waals surface area contributed by atoms with Crippen molar-refractivity contribution >= 4 is 62.0 Å². The number of para-hydroxylation sites is 1. The van der Waals surface area contributed by atoms with Crippen LogP contribution < -0.4 is 12.1 Å². The Morgan fingerprint density at radius 2 is 1.45 bits per heavy atom. The molecule has 180 valence electrons. The molecule has 4 nitrogen and oxygen atoms in total. The van der Waals surface area contributed by atoms with Crippen LogP contribution in [0.3, 0.4) is 0 Å². The van der Waals surface area contributed by atoms with E-state index in [-0.39, 0.29) is 17.1 Å². The average Bonchev–Trinajstić information content (AvgIpc) is 3.58. The summed E-state index contributed by atoms with van der Waals surface area (Å²) in [6.07, 6.45) is 9.66. The van der Waals surface area contributed by atoms with Gasteiger partial charge in [0.1, 0.15) is 0 Å². The van der Waals surface area contributed by atoms with Crippen molar-refractivity contribution in [1.29, 1.82) is 0 Å².